The number of hydrogen-bond acceptors (Lipinski definition) is 3. The summed E-state index contributed by atoms with van der Waals surface area (Å²) in [6.07, 6.45) is 4.23. The van der Waals surface area contributed by atoms with E-state index in [2.05, 4.69) is 13.5 Å². The molecular formula is C15H22O3. The van der Waals surface area contributed by atoms with E-state index in [0.717, 1.165) is 31.3 Å². The molecule has 3 heteroatoms. The molecule has 100 valence electrons. The minimum Gasteiger partial charge on any atom is -0.457 e. The number of epoxide rings is 1. The van der Waals surface area contributed by atoms with Crippen LogP contribution in [0.1, 0.15) is 46.5 Å². The van der Waals surface area contributed by atoms with Crippen molar-refractivity contribution < 1.29 is 14.3 Å². The SMILES string of the molecule is C=C1CC[C@H]2O[C@]2(C)CC[C@@H]2[C@@H]1OC(=O)C2(C)C. The second-order valence-electron chi connectivity index (χ2n) is 6.81. The summed E-state index contributed by atoms with van der Waals surface area (Å²) in [5.74, 6) is 0.176. The van der Waals surface area contributed by atoms with Gasteiger partial charge in [0.15, 0.2) is 0 Å². The van der Waals surface area contributed by atoms with Crippen molar-refractivity contribution in [1.29, 1.82) is 0 Å². The largest absolute Gasteiger partial charge is 0.457 e. The normalized spacial score (nSPS) is 46.3. The summed E-state index contributed by atoms with van der Waals surface area (Å²) in [6.45, 7) is 10.3. The quantitative estimate of drug-likeness (QED) is 0.377. The molecule has 3 nitrogen and oxygen atoms in total. The van der Waals surface area contributed by atoms with Crippen molar-refractivity contribution >= 4 is 5.97 Å². The van der Waals surface area contributed by atoms with Gasteiger partial charge in [0.25, 0.3) is 0 Å². The average Bonchev–Trinajstić information content (AvgIpc) is 2.86. The molecule has 1 saturated carbocycles. The van der Waals surface area contributed by atoms with E-state index >= 15 is 0 Å². The van der Waals surface area contributed by atoms with Crippen LogP contribution in [-0.2, 0) is 14.3 Å². The van der Waals surface area contributed by atoms with Crippen LogP contribution in [0, 0.1) is 11.3 Å². The Kier molecular flexibility index (Phi) is 2.44. The van der Waals surface area contributed by atoms with Gasteiger partial charge < -0.3 is 9.47 Å². The van der Waals surface area contributed by atoms with E-state index in [9.17, 15) is 4.79 Å². The number of carbonyl (C=O) groups excluding carboxylic acids is 1. The molecule has 2 saturated heterocycles. The molecule has 1 aliphatic carbocycles. The fraction of sp³-hybridized carbons (Fsp3) is 0.800. The fourth-order valence-electron chi connectivity index (χ4n) is 3.54. The van der Waals surface area contributed by atoms with Gasteiger partial charge in [-0.05, 0) is 52.0 Å². The van der Waals surface area contributed by atoms with Gasteiger partial charge in [0, 0.05) is 5.92 Å². The molecule has 3 aliphatic rings. The first-order chi connectivity index (χ1) is 8.34. The molecule has 2 aliphatic heterocycles. The average molecular weight is 250 g/mol. The summed E-state index contributed by atoms with van der Waals surface area (Å²) >= 11 is 0. The van der Waals surface area contributed by atoms with Gasteiger partial charge in [0.05, 0.1) is 17.1 Å². The zero-order valence-electron chi connectivity index (χ0n) is 11.5. The van der Waals surface area contributed by atoms with Gasteiger partial charge >= 0.3 is 5.97 Å². The van der Waals surface area contributed by atoms with Crippen LogP contribution in [0.4, 0.5) is 0 Å². The van der Waals surface area contributed by atoms with E-state index in [1.165, 1.54) is 0 Å². The molecule has 0 N–H and O–H groups in total. The molecule has 18 heavy (non-hydrogen) atoms. The monoisotopic (exact) mass is 250 g/mol. The van der Waals surface area contributed by atoms with Gasteiger partial charge in [-0.15, -0.1) is 0 Å². The van der Waals surface area contributed by atoms with Gasteiger partial charge in [-0.2, -0.15) is 0 Å². The standard InChI is InChI=1S/C15H22O3/c1-9-5-6-11-15(4,18-11)8-7-10-12(9)17-13(16)14(10,2)3/h10-12H,1,5-8H2,2-4H3/t10-,11-,12-,15-/m1/s1. The van der Waals surface area contributed by atoms with Crippen LogP contribution in [0.25, 0.3) is 0 Å². The van der Waals surface area contributed by atoms with Gasteiger partial charge in [-0.1, -0.05) is 6.58 Å². The highest BCUT2D eigenvalue weighted by Gasteiger charge is 2.57. The minimum atomic E-state index is -0.390. The van der Waals surface area contributed by atoms with E-state index < -0.39 is 5.41 Å². The third kappa shape index (κ3) is 1.63. The Hall–Kier alpha value is -0.830. The van der Waals surface area contributed by atoms with Crippen molar-refractivity contribution in [3.63, 3.8) is 0 Å². The molecule has 2 heterocycles. The maximum Gasteiger partial charge on any atom is 0.312 e. The second-order valence-corrected chi connectivity index (χ2v) is 6.81. The fourth-order valence-corrected chi connectivity index (χ4v) is 3.54. The molecule has 0 amide bonds. The molecule has 0 bridgehead atoms. The first-order valence-corrected chi connectivity index (χ1v) is 6.91. The second kappa shape index (κ2) is 3.60. The van der Waals surface area contributed by atoms with E-state index in [0.29, 0.717) is 6.10 Å². The summed E-state index contributed by atoms with van der Waals surface area (Å²) in [5, 5.41) is 0. The molecular weight excluding hydrogens is 228 g/mol. The summed E-state index contributed by atoms with van der Waals surface area (Å²) in [6, 6.07) is 0. The third-order valence-corrected chi connectivity index (χ3v) is 5.17. The molecule has 0 aromatic carbocycles. The van der Waals surface area contributed by atoms with Crippen molar-refractivity contribution in [3.05, 3.63) is 12.2 Å². The molecule has 0 spiro atoms. The van der Waals surface area contributed by atoms with Crippen LogP contribution < -0.4 is 0 Å². The highest BCUT2D eigenvalue weighted by Crippen LogP contribution is 2.51. The lowest BCUT2D eigenvalue weighted by atomic mass is 9.73. The van der Waals surface area contributed by atoms with Gasteiger partial charge in [-0.3, -0.25) is 4.79 Å². The predicted octanol–water partition coefficient (Wildman–Crippen LogP) is 2.84. The van der Waals surface area contributed by atoms with Crippen LogP contribution >= 0.6 is 0 Å². The first kappa shape index (κ1) is 12.2. The molecule has 4 atom stereocenters. The van der Waals surface area contributed by atoms with Crippen molar-refractivity contribution in [1.82, 2.24) is 0 Å². The van der Waals surface area contributed by atoms with E-state index in [-0.39, 0.29) is 23.6 Å². The van der Waals surface area contributed by atoms with E-state index in [1.807, 2.05) is 13.8 Å². The molecule has 0 unspecified atom stereocenters. The summed E-state index contributed by atoms with van der Waals surface area (Å²) in [7, 11) is 0. The van der Waals surface area contributed by atoms with Gasteiger partial charge in [0.1, 0.15) is 6.10 Å². The number of hydrogen-bond donors (Lipinski definition) is 0. The number of ether oxygens (including phenoxy) is 2. The van der Waals surface area contributed by atoms with Crippen molar-refractivity contribution in [2.45, 2.75) is 64.3 Å². The van der Waals surface area contributed by atoms with Crippen LogP contribution in [0.3, 0.4) is 0 Å². The minimum absolute atomic E-state index is 0.0386. The molecule has 0 radical (unpaired) electrons. The highest BCUT2D eigenvalue weighted by molar-refractivity contribution is 5.79. The first-order valence-electron chi connectivity index (χ1n) is 6.91. The Morgan fingerprint density at radius 2 is 2.00 bits per heavy atom. The molecule has 0 aromatic heterocycles. The van der Waals surface area contributed by atoms with Crippen molar-refractivity contribution in [2.75, 3.05) is 0 Å². The van der Waals surface area contributed by atoms with Crippen LogP contribution in [-0.4, -0.2) is 23.8 Å². The lowest BCUT2D eigenvalue weighted by molar-refractivity contribution is -0.146. The van der Waals surface area contributed by atoms with Crippen LogP contribution in [0.5, 0.6) is 0 Å². The van der Waals surface area contributed by atoms with E-state index in [1.54, 1.807) is 0 Å². The van der Waals surface area contributed by atoms with Crippen molar-refractivity contribution in [2.24, 2.45) is 11.3 Å². The number of esters is 1. The lowest BCUT2D eigenvalue weighted by Crippen LogP contribution is -2.30. The Morgan fingerprint density at radius 3 is 2.72 bits per heavy atom. The predicted molar refractivity (Wildman–Crippen MR) is 68.0 cm³/mol. The Labute approximate surface area is 109 Å². The molecule has 3 rings (SSSR count). The maximum atomic E-state index is 12.0. The molecule has 3 fully saturated rings. The Bertz CT molecular complexity index is 412. The summed E-state index contributed by atoms with van der Waals surface area (Å²) < 4.78 is 11.4. The summed E-state index contributed by atoms with van der Waals surface area (Å²) in [5.41, 5.74) is 0.717. The van der Waals surface area contributed by atoms with E-state index in [4.69, 9.17) is 9.47 Å². The topological polar surface area (TPSA) is 38.8 Å². The number of rotatable bonds is 0. The van der Waals surface area contributed by atoms with Gasteiger partial charge in [-0.25, -0.2) is 0 Å². The van der Waals surface area contributed by atoms with Crippen LogP contribution in [0.15, 0.2) is 12.2 Å². The summed E-state index contributed by atoms with van der Waals surface area (Å²) in [4.78, 5) is 12.0. The van der Waals surface area contributed by atoms with Crippen molar-refractivity contribution in [3.8, 4) is 0 Å². The third-order valence-electron chi connectivity index (χ3n) is 5.17. The Morgan fingerprint density at radius 1 is 1.28 bits per heavy atom. The maximum absolute atomic E-state index is 12.0. The van der Waals surface area contributed by atoms with Crippen LogP contribution in [0.2, 0.25) is 0 Å². The zero-order valence-corrected chi connectivity index (χ0v) is 11.5. The zero-order chi connectivity index (χ0) is 13.1. The number of fused-ring (bicyclic) bond motifs is 2. The molecule has 0 aromatic rings. The lowest BCUT2D eigenvalue weighted by Gasteiger charge is -2.26. The Balaban J connectivity index is 1.87. The smallest absolute Gasteiger partial charge is 0.312 e. The number of carbonyl (C=O) groups is 1. The highest BCUT2D eigenvalue weighted by atomic mass is 16.6. The van der Waals surface area contributed by atoms with Gasteiger partial charge in [0.2, 0.25) is 0 Å².